The average molecular weight is 620 g/mol. The number of carboxylic acid groups (broad SMARTS) is 1. The van der Waals surface area contributed by atoms with Gasteiger partial charge in [-0.1, -0.05) is 24.3 Å². The number of aromatic nitrogens is 4. The number of carbonyl (C=O) groups excluding carboxylic acids is 1. The third kappa shape index (κ3) is 6.90. The summed E-state index contributed by atoms with van der Waals surface area (Å²) in [6, 6.07) is 24.1. The summed E-state index contributed by atoms with van der Waals surface area (Å²) in [5.41, 5.74) is 0.718. The SMILES string of the molecule is O=C(Cl)c1cccc2cc(Oc3ccnc(Cl)n3)ccc12.O=C(O)c1cccc2cc(Oc3ccnc(Cl)n3)ccc12. The molecule has 0 bridgehead atoms. The zero-order valence-electron chi connectivity index (χ0n) is 21.2. The van der Waals surface area contributed by atoms with E-state index in [4.69, 9.17) is 49.4 Å². The second-order valence-corrected chi connectivity index (χ2v) is 9.51. The van der Waals surface area contributed by atoms with Gasteiger partial charge in [-0.05, 0) is 105 Å². The molecule has 0 amide bonds. The quantitative estimate of drug-likeness (QED) is 0.145. The van der Waals surface area contributed by atoms with E-state index < -0.39 is 11.2 Å². The summed E-state index contributed by atoms with van der Waals surface area (Å²) in [5, 5.41) is 11.9. The number of rotatable bonds is 6. The molecule has 0 aliphatic rings. The van der Waals surface area contributed by atoms with Crippen LogP contribution >= 0.6 is 34.8 Å². The van der Waals surface area contributed by atoms with Crippen LogP contribution in [0.25, 0.3) is 21.5 Å². The van der Waals surface area contributed by atoms with E-state index in [2.05, 4.69) is 19.9 Å². The Morgan fingerprint density at radius 3 is 1.57 bits per heavy atom. The van der Waals surface area contributed by atoms with E-state index in [-0.39, 0.29) is 16.1 Å². The van der Waals surface area contributed by atoms with Gasteiger partial charge in [0.2, 0.25) is 22.3 Å². The van der Waals surface area contributed by atoms with Crippen LogP contribution in [-0.2, 0) is 0 Å². The van der Waals surface area contributed by atoms with E-state index in [0.29, 0.717) is 34.2 Å². The first-order valence-electron chi connectivity index (χ1n) is 12.1. The van der Waals surface area contributed by atoms with E-state index in [1.165, 1.54) is 12.4 Å². The van der Waals surface area contributed by atoms with Gasteiger partial charge in [0.15, 0.2) is 0 Å². The number of hydrogen-bond donors (Lipinski definition) is 1. The number of fused-ring (bicyclic) bond motifs is 2. The number of carbonyl (C=O) groups is 2. The number of hydrogen-bond acceptors (Lipinski definition) is 8. The summed E-state index contributed by atoms with van der Waals surface area (Å²) in [5.74, 6) is 0.829. The van der Waals surface area contributed by atoms with Gasteiger partial charge in [-0.2, -0.15) is 9.97 Å². The summed E-state index contributed by atoms with van der Waals surface area (Å²) >= 11 is 17.0. The zero-order chi connectivity index (χ0) is 29.6. The molecule has 0 unspecified atom stereocenters. The van der Waals surface area contributed by atoms with Crippen molar-refractivity contribution in [2.45, 2.75) is 0 Å². The van der Waals surface area contributed by atoms with Gasteiger partial charge in [-0.25, -0.2) is 14.8 Å². The second kappa shape index (κ2) is 12.8. The average Bonchev–Trinajstić information content (AvgIpc) is 2.96. The minimum Gasteiger partial charge on any atom is -0.478 e. The second-order valence-electron chi connectivity index (χ2n) is 8.49. The molecule has 208 valence electrons. The fourth-order valence-electron chi connectivity index (χ4n) is 4.00. The Morgan fingerprint density at radius 1 is 0.643 bits per heavy atom. The highest BCUT2D eigenvalue weighted by Gasteiger charge is 2.10. The molecule has 6 aromatic rings. The van der Waals surface area contributed by atoms with Gasteiger partial charge in [-0.3, -0.25) is 4.79 Å². The molecule has 2 heterocycles. The van der Waals surface area contributed by atoms with Gasteiger partial charge in [0, 0.05) is 30.1 Å². The number of nitrogens with zero attached hydrogens (tertiary/aromatic N) is 4. The van der Waals surface area contributed by atoms with E-state index >= 15 is 0 Å². The van der Waals surface area contributed by atoms with Gasteiger partial charge in [0.1, 0.15) is 11.5 Å². The van der Waals surface area contributed by atoms with E-state index in [1.807, 2.05) is 12.1 Å². The molecule has 0 saturated carbocycles. The zero-order valence-corrected chi connectivity index (χ0v) is 23.5. The maximum Gasteiger partial charge on any atom is 0.336 e. The molecule has 1 N–H and O–H groups in total. The number of ether oxygens (including phenoxy) is 2. The van der Waals surface area contributed by atoms with Crippen molar-refractivity contribution in [2.75, 3.05) is 0 Å². The van der Waals surface area contributed by atoms with Crippen molar-refractivity contribution in [2.24, 2.45) is 0 Å². The third-order valence-electron chi connectivity index (χ3n) is 5.79. The van der Waals surface area contributed by atoms with Crippen molar-refractivity contribution in [1.29, 1.82) is 0 Å². The van der Waals surface area contributed by atoms with Crippen molar-refractivity contribution < 1.29 is 24.2 Å². The maximum absolute atomic E-state index is 11.4. The number of halogens is 3. The number of aromatic carboxylic acids is 1. The van der Waals surface area contributed by atoms with Crippen LogP contribution in [-0.4, -0.2) is 36.3 Å². The minimum absolute atomic E-state index is 0.0986. The summed E-state index contributed by atoms with van der Waals surface area (Å²) in [4.78, 5) is 38.0. The Labute approximate surface area is 253 Å². The molecule has 6 rings (SSSR count). The van der Waals surface area contributed by atoms with Gasteiger partial charge in [0.05, 0.1) is 5.56 Å². The van der Waals surface area contributed by atoms with Crippen LogP contribution in [0.15, 0.2) is 97.3 Å². The van der Waals surface area contributed by atoms with Crippen molar-refractivity contribution in [1.82, 2.24) is 19.9 Å². The molecule has 0 aliphatic heterocycles. The largest absolute Gasteiger partial charge is 0.478 e. The Bertz CT molecular complexity index is 1810. The van der Waals surface area contributed by atoms with Crippen LogP contribution in [0, 0.1) is 0 Å². The van der Waals surface area contributed by atoms with Crippen molar-refractivity contribution in [3.8, 4) is 23.3 Å². The molecular weight excluding hydrogens is 603 g/mol. The standard InChI is InChI=1S/C15H8Cl2N2O2.C15H9ClN2O3/c16-14(20)12-3-1-2-9-8-10(4-5-11(9)12)21-13-6-7-18-15(17)19-13;16-15-17-7-6-13(18-15)21-10-4-5-11-9(8-10)2-1-3-12(11)14(19)20/h1-8H;1-8H,(H,19,20). The molecule has 0 aliphatic carbocycles. The Kier molecular flexibility index (Phi) is 8.73. The molecule has 0 atom stereocenters. The van der Waals surface area contributed by atoms with Crippen molar-refractivity contribution >= 4 is 67.6 Å². The predicted molar refractivity (Wildman–Crippen MR) is 159 cm³/mol. The summed E-state index contributed by atoms with van der Waals surface area (Å²) < 4.78 is 11.2. The lowest BCUT2D eigenvalue weighted by Gasteiger charge is -2.07. The van der Waals surface area contributed by atoms with Crippen LogP contribution in [0.1, 0.15) is 20.7 Å². The molecular formula is C30H17Cl3N4O5. The van der Waals surface area contributed by atoms with Crippen LogP contribution in [0.5, 0.6) is 23.3 Å². The lowest BCUT2D eigenvalue weighted by molar-refractivity contribution is 0.0699. The summed E-state index contributed by atoms with van der Waals surface area (Å²) in [6.45, 7) is 0. The molecule has 0 saturated heterocycles. The topological polar surface area (TPSA) is 124 Å². The molecule has 12 heteroatoms. The van der Waals surface area contributed by atoms with Crippen molar-refractivity contribution in [3.05, 3.63) is 119 Å². The van der Waals surface area contributed by atoms with Crippen LogP contribution in [0.2, 0.25) is 10.6 Å². The maximum atomic E-state index is 11.4. The highest BCUT2D eigenvalue weighted by atomic mass is 35.5. The Hall–Kier alpha value is -4.83. The molecule has 0 fully saturated rings. The molecule has 9 nitrogen and oxygen atoms in total. The van der Waals surface area contributed by atoms with Crippen LogP contribution in [0.3, 0.4) is 0 Å². The fourth-order valence-corrected chi connectivity index (χ4v) is 4.45. The van der Waals surface area contributed by atoms with Gasteiger partial charge >= 0.3 is 5.97 Å². The molecule has 0 spiro atoms. The summed E-state index contributed by atoms with van der Waals surface area (Å²) in [6.07, 6.45) is 3.00. The highest BCUT2D eigenvalue weighted by molar-refractivity contribution is 6.68. The Morgan fingerprint density at radius 2 is 1.12 bits per heavy atom. The lowest BCUT2D eigenvalue weighted by atomic mass is 10.0. The first kappa shape index (κ1) is 28.7. The minimum atomic E-state index is -0.961. The van der Waals surface area contributed by atoms with Gasteiger partial charge in [0.25, 0.3) is 5.24 Å². The predicted octanol–water partition coefficient (Wildman–Crippen LogP) is 8.23. The lowest BCUT2D eigenvalue weighted by Crippen LogP contribution is -1.97. The number of benzene rings is 4. The molecule has 4 aromatic carbocycles. The first-order valence-corrected chi connectivity index (χ1v) is 13.2. The van der Waals surface area contributed by atoms with Crippen molar-refractivity contribution in [3.63, 3.8) is 0 Å². The monoisotopic (exact) mass is 618 g/mol. The normalized spacial score (nSPS) is 10.5. The van der Waals surface area contributed by atoms with Crippen LogP contribution < -0.4 is 9.47 Å². The van der Waals surface area contributed by atoms with E-state index in [0.717, 1.165) is 16.2 Å². The smallest absolute Gasteiger partial charge is 0.336 e. The molecule has 2 aromatic heterocycles. The Balaban J connectivity index is 0.000000168. The summed E-state index contributed by atoms with van der Waals surface area (Å²) in [7, 11) is 0. The molecule has 42 heavy (non-hydrogen) atoms. The first-order chi connectivity index (χ1) is 20.3. The molecule has 0 radical (unpaired) electrons. The van der Waals surface area contributed by atoms with Gasteiger partial charge < -0.3 is 14.6 Å². The van der Waals surface area contributed by atoms with Crippen LogP contribution in [0.4, 0.5) is 0 Å². The fraction of sp³-hybridized carbons (Fsp3) is 0. The van der Waals surface area contributed by atoms with E-state index in [9.17, 15) is 9.59 Å². The highest BCUT2D eigenvalue weighted by Crippen LogP contribution is 2.28. The van der Waals surface area contributed by atoms with E-state index in [1.54, 1.807) is 72.8 Å². The number of carboxylic acids is 1. The van der Waals surface area contributed by atoms with Gasteiger partial charge in [-0.15, -0.1) is 0 Å². The third-order valence-corrected chi connectivity index (χ3v) is 6.36.